The second-order valence-corrected chi connectivity index (χ2v) is 8.76. The molecule has 0 atom stereocenters. The zero-order chi connectivity index (χ0) is 20.8. The molecule has 158 valence electrons. The van der Waals surface area contributed by atoms with E-state index in [1.807, 2.05) is 0 Å². The summed E-state index contributed by atoms with van der Waals surface area (Å²) in [6.45, 7) is 1.67. The molecule has 1 aliphatic carbocycles. The highest BCUT2D eigenvalue weighted by Crippen LogP contribution is 2.28. The lowest BCUT2D eigenvalue weighted by Gasteiger charge is -2.22. The molecule has 1 heterocycles. The molecular weight excluding hydrogens is 394 g/mol. The van der Waals surface area contributed by atoms with Crippen molar-refractivity contribution in [3.05, 3.63) is 64.9 Å². The number of nitrogens with one attached hydrogen (secondary N) is 1. The number of carbonyl (C=O) groups is 1. The summed E-state index contributed by atoms with van der Waals surface area (Å²) < 4.78 is 2.41. The van der Waals surface area contributed by atoms with Gasteiger partial charge in [0.15, 0.2) is 0 Å². The van der Waals surface area contributed by atoms with Gasteiger partial charge in [0.05, 0.1) is 11.0 Å². The van der Waals surface area contributed by atoms with Crippen molar-refractivity contribution in [3.8, 4) is 0 Å². The van der Waals surface area contributed by atoms with Crippen molar-refractivity contribution in [1.82, 2.24) is 14.9 Å². The summed E-state index contributed by atoms with van der Waals surface area (Å²) in [4.78, 5) is 17.2. The fraction of sp³-hybridized carbons (Fsp3) is 0.440. The first-order chi connectivity index (χ1) is 14.7. The van der Waals surface area contributed by atoms with E-state index >= 15 is 0 Å². The van der Waals surface area contributed by atoms with Crippen LogP contribution in [0.1, 0.15) is 61.1 Å². The van der Waals surface area contributed by atoms with E-state index in [0.717, 1.165) is 36.6 Å². The lowest BCUT2D eigenvalue weighted by Crippen LogP contribution is -2.25. The molecule has 0 spiro atoms. The summed E-state index contributed by atoms with van der Waals surface area (Å²) in [7, 11) is 0. The average Bonchev–Trinajstić information content (AvgIpc) is 3.13. The Morgan fingerprint density at radius 1 is 1.07 bits per heavy atom. The number of aryl methyl sites for hydroxylation is 2. The number of amides is 1. The van der Waals surface area contributed by atoms with Crippen molar-refractivity contribution >= 4 is 28.5 Å². The number of aromatic nitrogens is 2. The van der Waals surface area contributed by atoms with Crippen LogP contribution < -0.4 is 5.32 Å². The molecule has 30 heavy (non-hydrogen) atoms. The number of halogens is 1. The third kappa shape index (κ3) is 5.23. The fourth-order valence-corrected chi connectivity index (χ4v) is 4.63. The van der Waals surface area contributed by atoms with E-state index in [2.05, 4.69) is 34.1 Å². The van der Waals surface area contributed by atoms with Gasteiger partial charge < -0.3 is 9.88 Å². The topological polar surface area (TPSA) is 46.9 Å². The van der Waals surface area contributed by atoms with Crippen LogP contribution in [-0.4, -0.2) is 22.0 Å². The molecular formula is C25H30ClN3O. The van der Waals surface area contributed by atoms with E-state index in [1.54, 1.807) is 24.3 Å². The number of hydrogen-bond donors (Lipinski definition) is 1. The Balaban J connectivity index is 1.35. The third-order valence-electron chi connectivity index (χ3n) is 6.19. The molecule has 4 rings (SSSR count). The standard InChI is InChI=1S/C25H30ClN3O/c26-21-14-12-20(13-15-21)25(30)27-17-6-11-24-28-22-9-4-5-10-23(22)29(24)18-16-19-7-2-1-3-8-19/h4-5,9-10,12-15,19H,1-3,6-8,11,16-18H2,(H,27,30). The van der Waals surface area contributed by atoms with Crippen molar-refractivity contribution < 1.29 is 4.79 Å². The van der Waals surface area contributed by atoms with Crippen molar-refractivity contribution in [1.29, 1.82) is 0 Å². The van der Waals surface area contributed by atoms with Crippen molar-refractivity contribution in [3.63, 3.8) is 0 Å². The van der Waals surface area contributed by atoms with Crippen LogP contribution in [0.5, 0.6) is 0 Å². The van der Waals surface area contributed by atoms with Crippen molar-refractivity contribution in [2.24, 2.45) is 5.92 Å². The van der Waals surface area contributed by atoms with Gasteiger partial charge in [-0.25, -0.2) is 4.98 Å². The Morgan fingerprint density at radius 3 is 2.63 bits per heavy atom. The number of imidazole rings is 1. The maximum atomic E-state index is 12.3. The van der Waals surface area contributed by atoms with Gasteiger partial charge in [-0.3, -0.25) is 4.79 Å². The molecule has 0 unspecified atom stereocenters. The highest BCUT2D eigenvalue weighted by atomic mass is 35.5. The van der Waals surface area contributed by atoms with Gasteiger partial charge in [0.1, 0.15) is 5.82 Å². The highest BCUT2D eigenvalue weighted by Gasteiger charge is 2.16. The zero-order valence-corrected chi connectivity index (χ0v) is 18.2. The molecule has 0 radical (unpaired) electrons. The number of nitrogens with zero attached hydrogens (tertiary/aromatic N) is 2. The molecule has 1 saturated carbocycles. The van der Waals surface area contributed by atoms with Crippen molar-refractivity contribution in [2.75, 3.05) is 6.54 Å². The summed E-state index contributed by atoms with van der Waals surface area (Å²) in [6, 6.07) is 15.4. The summed E-state index contributed by atoms with van der Waals surface area (Å²) in [5, 5.41) is 3.64. The third-order valence-corrected chi connectivity index (χ3v) is 6.44. The first kappa shape index (κ1) is 20.9. The molecule has 1 N–H and O–H groups in total. The second-order valence-electron chi connectivity index (χ2n) is 8.33. The molecule has 1 aromatic heterocycles. The number of fused-ring (bicyclic) bond motifs is 1. The predicted molar refractivity (Wildman–Crippen MR) is 123 cm³/mol. The molecule has 1 fully saturated rings. The lowest BCUT2D eigenvalue weighted by atomic mass is 9.87. The number of rotatable bonds is 8. The van der Waals surface area contributed by atoms with Gasteiger partial charge in [-0.05, 0) is 55.2 Å². The summed E-state index contributed by atoms with van der Waals surface area (Å²) in [6.07, 6.45) is 9.88. The van der Waals surface area contributed by atoms with Gasteiger partial charge >= 0.3 is 0 Å². The number of benzene rings is 2. The highest BCUT2D eigenvalue weighted by molar-refractivity contribution is 6.30. The largest absolute Gasteiger partial charge is 0.352 e. The summed E-state index contributed by atoms with van der Waals surface area (Å²) in [5.74, 6) is 1.93. The Labute approximate surface area is 183 Å². The van der Waals surface area contributed by atoms with E-state index < -0.39 is 0 Å². The SMILES string of the molecule is O=C(NCCCc1nc2ccccc2n1CCC1CCCCC1)c1ccc(Cl)cc1. The minimum Gasteiger partial charge on any atom is -0.352 e. The van der Waals surface area contributed by atoms with E-state index in [1.165, 1.54) is 44.0 Å². The predicted octanol–water partition coefficient (Wildman–Crippen LogP) is 6.02. The number of carbonyl (C=O) groups excluding carboxylic acids is 1. The van der Waals surface area contributed by atoms with Gasteiger partial charge in [0, 0.05) is 30.1 Å². The number of hydrogen-bond acceptors (Lipinski definition) is 2. The van der Waals surface area contributed by atoms with E-state index in [4.69, 9.17) is 16.6 Å². The van der Waals surface area contributed by atoms with E-state index in [9.17, 15) is 4.79 Å². The Bertz CT molecular complexity index is 974. The maximum Gasteiger partial charge on any atom is 0.251 e. The molecule has 0 saturated heterocycles. The molecule has 1 amide bonds. The number of para-hydroxylation sites is 2. The van der Waals surface area contributed by atoms with Crippen LogP contribution in [0.3, 0.4) is 0 Å². The molecule has 0 aliphatic heterocycles. The lowest BCUT2D eigenvalue weighted by molar-refractivity contribution is 0.0953. The van der Waals surface area contributed by atoms with Gasteiger partial charge in [-0.1, -0.05) is 55.8 Å². The van der Waals surface area contributed by atoms with Crippen LogP contribution in [0.4, 0.5) is 0 Å². The Kier molecular flexibility index (Phi) is 7.06. The van der Waals surface area contributed by atoms with Crippen LogP contribution >= 0.6 is 11.6 Å². The molecule has 0 bridgehead atoms. The van der Waals surface area contributed by atoms with Crippen LogP contribution in [0.2, 0.25) is 5.02 Å². The van der Waals surface area contributed by atoms with Gasteiger partial charge in [0.2, 0.25) is 0 Å². The van der Waals surface area contributed by atoms with Crippen LogP contribution in [0.15, 0.2) is 48.5 Å². The minimum atomic E-state index is -0.0579. The summed E-state index contributed by atoms with van der Waals surface area (Å²) >= 11 is 5.89. The van der Waals surface area contributed by atoms with Crippen molar-refractivity contribution in [2.45, 2.75) is 57.9 Å². The van der Waals surface area contributed by atoms with Gasteiger partial charge in [0.25, 0.3) is 5.91 Å². The fourth-order valence-electron chi connectivity index (χ4n) is 4.50. The van der Waals surface area contributed by atoms with E-state index in [0.29, 0.717) is 17.1 Å². The molecule has 2 aromatic carbocycles. The minimum absolute atomic E-state index is 0.0579. The average molecular weight is 424 g/mol. The molecule has 1 aliphatic rings. The van der Waals surface area contributed by atoms with E-state index in [-0.39, 0.29) is 5.91 Å². The first-order valence-corrected chi connectivity index (χ1v) is 11.6. The maximum absolute atomic E-state index is 12.3. The monoisotopic (exact) mass is 423 g/mol. The van der Waals surface area contributed by atoms with Crippen LogP contribution in [0.25, 0.3) is 11.0 Å². The Hall–Kier alpha value is -2.33. The molecule has 5 heteroatoms. The van der Waals surface area contributed by atoms with Crippen LogP contribution in [-0.2, 0) is 13.0 Å². The van der Waals surface area contributed by atoms with Crippen LogP contribution in [0, 0.1) is 5.92 Å². The smallest absolute Gasteiger partial charge is 0.251 e. The molecule has 3 aromatic rings. The second kappa shape index (κ2) is 10.1. The molecule has 4 nitrogen and oxygen atoms in total. The normalized spacial score (nSPS) is 14.8. The quantitative estimate of drug-likeness (QED) is 0.450. The van der Waals surface area contributed by atoms with Gasteiger partial charge in [-0.2, -0.15) is 0 Å². The summed E-state index contributed by atoms with van der Waals surface area (Å²) in [5.41, 5.74) is 2.94. The first-order valence-electron chi connectivity index (χ1n) is 11.2. The van der Waals surface area contributed by atoms with Gasteiger partial charge in [-0.15, -0.1) is 0 Å². The Morgan fingerprint density at radius 2 is 1.83 bits per heavy atom. The zero-order valence-electron chi connectivity index (χ0n) is 17.4.